The van der Waals surface area contributed by atoms with Gasteiger partial charge < -0.3 is 36.2 Å². The lowest BCUT2D eigenvalue weighted by atomic mass is 10.0. The summed E-state index contributed by atoms with van der Waals surface area (Å²) in [5.41, 5.74) is 5.35. The molecule has 6 N–H and O–H groups in total. The van der Waals surface area contributed by atoms with Gasteiger partial charge in [-0.3, -0.25) is 24.0 Å². The molecule has 6 rings (SSSR count). The van der Waals surface area contributed by atoms with Gasteiger partial charge in [0.05, 0.1) is 5.56 Å². The lowest BCUT2D eigenvalue weighted by Crippen LogP contribution is -2.43. The summed E-state index contributed by atoms with van der Waals surface area (Å²) in [4.78, 5) is 67.5. The minimum Gasteiger partial charge on any atom is -0.508 e. The highest BCUT2D eigenvalue weighted by Crippen LogP contribution is 2.32. The molecule has 1 fully saturated rings. The lowest BCUT2D eigenvalue weighted by molar-refractivity contribution is -0.119. The number of rotatable bonds is 11. The van der Waals surface area contributed by atoms with Gasteiger partial charge in [0, 0.05) is 52.3 Å². The number of hydrogen-bond donors (Lipinski definition) is 6. The van der Waals surface area contributed by atoms with E-state index in [4.69, 9.17) is 0 Å². The number of aryl methyl sites for hydroxylation is 1. The zero-order valence-electron chi connectivity index (χ0n) is 32.6. The normalized spacial score (nSPS) is 13.8. The van der Waals surface area contributed by atoms with Crippen LogP contribution in [-0.2, 0) is 16.0 Å². The molecule has 5 aromatic rings. The van der Waals surface area contributed by atoms with Crippen LogP contribution in [-0.4, -0.2) is 62.2 Å². The van der Waals surface area contributed by atoms with Crippen molar-refractivity contribution in [2.75, 3.05) is 22.5 Å². The van der Waals surface area contributed by atoms with Crippen molar-refractivity contribution in [3.63, 3.8) is 0 Å². The summed E-state index contributed by atoms with van der Waals surface area (Å²) in [6, 6.07) is 25.2. The number of hydrogen-bond acceptors (Lipinski definition) is 8. The Morgan fingerprint density at radius 1 is 0.690 bits per heavy atom. The van der Waals surface area contributed by atoms with E-state index in [1.54, 1.807) is 111 Å². The molecule has 296 valence electrons. The molecule has 1 aliphatic rings. The zero-order chi connectivity index (χ0) is 41.7. The summed E-state index contributed by atoms with van der Waals surface area (Å²) in [6.45, 7) is 7.14. The number of benzene rings is 5. The van der Waals surface area contributed by atoms with Gasteiger partial charge in [0.15, 0.2) is 5.78 Å². The van der Waals surface area contributed by atoms with Gasteiger partial charge in [0.25, 0.3) is 17.7 Å². The maximum Gasteiger partial charge on any atom is 0.259 e. The van der Waals surface area contributed by atoms with E-state index in [2.05, 4.69) is 16.0 Å². The molecule has 12 nitrogen and oxygen atoms in total. The first-order valence-electron chi connectivity index (χ1n) is 18.8. The first-order chi connectivity index (χ1) is 27.7. The molecule has 58 heavy (non-hydrogen) atoms. The second-order valence-corrected chi connectivity index (χ2v) is 14.4. The van der Waals surface area contributed by atoms with E-state index in [1.807, 2.05) is 0 Å². The predicted octanol–water partition coefficient (Wildman–Crippen LogP) is 7.69. The Hall–Kier alpha value is -7.21. The van der Waals surface area contributed by atoms with Crippen LogP contribution in [0.15, 0.2) is 103 Å². The van der Waals surface area contributed by atoms with Gasteiger partial charge in [-0.1, -0.05) is 30.3 Å². The van der Waals surface area contributed by atoms with Crippen molar-refractivity contribution in [2.45, 2.75) is 53.0 Å². The predicted molar refractivity (Wildman–Crippen MR) is 222 cm³/mol. The van der Waals surface area contributed by atoms with Gasteiger partial charge in [-0.2, -0.15) is 0 Å². The minimum atomic E-state index is -0.696. The number of amides is 4. The van der Waals surface area contributed by atoms with E-state index in [0.717, 1.165) is 11.1 Å². The van der Waals surface area contributed by atoms with Crippen LogP contribution in [0.25, 0.3) is 6.08 Å². The summed E-state index contributed by atoms with van der Waals surface area (Å²) in [5, 5.41) is 38.9. The lowest BCUT2D eigenvalue weighted by Gasteiger charge is -2.24. The van der Waals surface area contributed by atoms with Crippen LogP contribution in [0.3, 0.4) is 0 Å². The van der Waals surface area contributed by atoms with Gasteiger partial charge in [0.2, 0.25) is 5.91 Å². The van der Waals surface area contributed by atoms with Crippen LogP contribution in [0.1, 0.15) is 78.7 Å². The van der Waals surface area contributed by atoms with E-state index in [0.29, 0.717) is 58.7 Å². The number of phenols is 3. The maximum absolute atomic E-state index is 13.5. The quantitative estimate of drug-likeness (QED) is 0.0737. The van der Waals surface area contributed by atoms with Gasteiger partial charge in [0.1, 0.15) is 23.3 Å². The van der Waals surface area contributed by atoms with E-state index in [1.165, 1.54) is 24.3 Å². The van der Waals surface area contributed by atoms with Gasteiger partial charge >= 0.3 is 0 Å². The summed E-state index contributed by atoms with van der Waals surface area (Å²) in [5.74, 6) is -1.87. The Balaban J connectivity index is 1.03. The second-order valence-electron chi connectivity index (χ2n) is 14.4. The average molecular weight is 781 g/mol. The largest absolute Gasteiger partial charge is 0.508 e. The molecule has 12 heteroatoms. The van der Waals surface area contributed by atoms with E-state index in [9.17, 15) is 39.3 Å². The third-order valence-corrected chi connectivity index (χ3v) is 10.3. The number of carbonyl (C=O) groups is 5. The fraction of sp³-hybridized carbons (Fsp3) is 0.196. The number of ketones is 1. The Morgan fingerprint density at radius 3 is 1.97 bits per heavy atom. The smallest absolute Gasteiger partial charge is 0.259 e. The molecule has 1 aliphatic heterocycles. The molecular formula is C46H44N4O8. The highest BCUT2D eigenvalue weighted by Gasteiger charge is 2.34. The number of phenolic OH excluding ortho intramolecular Hbond substituents is 3. The first-order valence-corrected chi connectivity index (χ1v) is 18.8. The van der Waals surface area contributed by atoms with Gasteiger partial charge in [-0.05, 0) is 136 Å². The first kappa shape index (κ1) is 40.5. The standard InChI is InChI=1S/C46H44N4O8/c1-26-7-21-37(28(3)41(26)53)49-44(56)36-20-22-38(29(4)42(36)54)48-43(55)32-14-16-34(17-15-32)47-45(57)39-6-5-23-50(39)46(58)33-12-8-31(9-13-33)25-40(52)27(2)24-30-10-18-35(51)19-11-30/h7-22,24,39,51,53-54H,5-6,23,25H2,1-4H3,(H,47,57)(H,48,55)(H,49,56)/b27-24+/t39-/m0/s1. The van der Waals surface area contributed by atoms with Gasteiger partial charge in [-0.25, -0.2) is 0 Å². The number of allylic oxidation sites excluding steroid dienone is 1. The molecule has 5 aromatic carbocycles. The third-order valence-electron chi connectivity index (χ3n) is 10.3. The van der Waals surface area contributed by atoms with E-state index < -0.39 is 17.9 Å². The van der Waals surface area contributed by atoms with Crippen molar-refractivity contribution >= 4 is 52.6 Å². The molecule has 1 atom stereocenters. The molecule has 0 bridgehead atoms. The topological polar surface area (TPSA) is 185 Å². The molecule has 0 spiro atoms. The second kappa shape index (κ2) is 17.3. The number of carbonyl (C=O) groups excluding carboxylic acids is 5. The fourth-order valence-corrected chi connectivity index (χ4v) is 6.74. The maximum atomic E-state index is 13.5. The molecular weight excluding hydrogens is 737 g/mol. The third kappa shape index (κ3) is 9.08. The number of nitrogens with one attached hydrogen (secondary N) is 3. The fourth-order valence-electron chi connectivity index (χ4n) is 6.74. The zero-order valence-corrected chi connectivity index (χ0v) is 32.6. The molecule has 0 saturated carbocycles. The number of aromatic hydroxyl groups is 3. The van der Waals surface area contributed by atoms with Crippen molar-refractivity contribution in [2.24, 2.45) is 0 Å². The Bertz CT molecular complexity index is 2440. The number of likely N-dealkylation sites (tertiary alicyclic amines) is 1. The van der Waals surface area contributed by atoms with Crippen molar-refractivity contribution in [3.05, 3.63) is 147 Å². The summed E-state index contributed by atoms with van der Waals surface area (Å²) < 4.78 is 0. The molecule has 0 unspecified atom stereocenters. The molecule has 0 aliphatic carbocycles. The van der Waals surface area contributed by atoms with Crippen molar-refractivity contribution in [1.29, 1.82) is 0 Å². The minimum absolute atomic E-state index is 0.00801. The van der Waals surface area contributed by atoms with Crippen LogP contribution in [0.2, 0.25) is 0 Å². The summed E-state index contributed by atoms with van der Waals surface area (Å²) >= 11 is 0. The van der Waals surface area contributed by atoms with Crippen LogP contribution in [0.4, 0.5) is 17.1 Å². The Kier molecular flexibility index (Phi) is 12.1. The monoisotopic (exact) mass is 780 g/mol. The van der Waals surface area contributed by atoms with Crippen LogP contribution >= 0.6 is 0 Å². The molecule has 1 heterocycles. The van der Waals surface area contributed by atoms with Gasteiger partial charge in [-0.15, -0.1) is 0 Å². The Morgan fingerprint density at radius 2 is 1.29 bits per heavy atom. The molecule has 0 aromatic heterocycles. The molecule has 1 saturated heterocycles. The van der Waals surface area contributed by atoms with E-state index >= 15 is 0 Å². The number of anilines is 3. The molecule has 0 radical (unpaired) electrons. The summed E-state index contributed by atoms with van der Waals surface area (Å²) in [7, 11) is 0. The average Bonchev–Trinajstić information content (AvgIpc) is 3.71. The van der Waals surface area contributed by atoms with Crippen molar-refractivity contribution in [3.8, 4) is 17.2 Å². The number of Topliss-reactive ketones (excluding diaryl/α,β-unsaturated/α-hetero) is 1. The highest BCUT2D eigenvalue weighted by molar-refractivity contribution is 6.09. The molecule has 4 amide bonds. The van der Waals surface area contributed by atoms with E-state index in [-0.39, 0.29) is 58.0 Å². The summed E-state index contributed by atoms with van der Waals surface area (Å²) in [6.07, 6.45) is 3.05. The SMILES string of the molecule is C/C(=C\c1ccc(O)cc1)C(=O)Cc1ccc(C(=O)N2CCC[C@H]2C(=O)Nc2ccc(C(=O)Nc3ccc(C(=O)Nc4ccc(C)c(O)c4C)c(O)c3C)cc2)cc1. The highest BCUT2D eigenvalue weighted by atomic mass is 16.3. The number of nitrogens with zero attached hydrogens (tertiary/aromatic N) is 1. The van der Waals surface area contributed by atoms with Crippen molar-refractivity contribution in [1.82, 2.24) is 4.90 Å². The van der Waals surface area contributed by atoms with Crippen LogP contribution in [0.5, 0.6) is 17.2 Å². The van der Waals surface area contributed by atoms with Crippen LogP contribution in [0, 0.1) is 20.8 Å². The Labute approximate surface area is 335 Å². The van der Waals surface area contributed by atoms with Crippen LogP contribution < -0.4 is 16.0 Å². The van der Waals surface area contributed by atoms with Crippen molar-refractivity contribution < 1.29 is 39.3 Å².